The summed E-state index contributed by atoms with van der Waals surface area (Å²) >= 11 is 15.6. The van der Waals surface area contributed by atoms with Gasteiger partial charge in [0.05, 0.1) is 10.0 Å². The number of nitrogens with two attached hydrogens (primary N) is 1. The van der Waals surface area contributed by atoms with Crippen LogP contribution in [0.4, 0.5) is 5.69 Å². The Morgan fingerprint density at radius 1 is 1.17 bits per heavy atom. The first-order valence-corrected chi connectivity index (χ1v) is 7.61. The third-order valence-electron chi connectivity index (χ3n) is 3.25. The van der Waals surface area contributed by atoms with Crippen LogP contribution in [0.2, 0.25) is 10.0 Å². The van der Waals surface area contributed by atoms with E-state index in [0.29, 0.717) is 27.5 Å². The second-order valence-electron chi connectivity index (χ2n) is 4.59. The third kappa shape index (κ3) is 3.40. The van der Waals surface area contributed by atoms with Gasteiger partial charge in [-0.25, -0.2) is 4.99 Å². The summed E-state index contributed by atoms with van der Waals surface area (Å²) in [5.74, 6) is 1.02. The zero-order valence-electron chi connectivity index (χ0n) is 9.93. The van der Waals surface area contributed by atoms with E-state index in [1.807, 2.05) is 0 Å². The summed E-state index contributed by atoms with van der Waals surface area (Å²) in [6.07, 6.45) is 5.97. The van der Waals surface area contributed by atoms with Gasteiger partial charge in [-0.05, 0) is 25.0 Å². The minimum absolute atomic E-state index is 0.370. The van der Waals surface area contributed by atoms with Gasteiger partial charge in [0.1, 0.15) is 11.5 Å². The molecule has 0 amide bonds. The lowest BCUT2D eigenvalue weighted by Gasteiger charge is -2.21. The van der Waals surface area contributed by atoms with Gasteiger partial charge >= 0.3 is 0 Å². The Kier molecular flexibility index (Phi) is 4.93. The lowest BCUT2D eigenvalue weighted by atomic mass is 9.88. The van der Waals surface area contributed by atoms with Crippen molar-refractivity contribution in [3.8, 4) is 0 Å². The van der Waals surface area contributed by atoms with E-state index in [2.05, 4.69) is 20.9 Å². The maximum absolute atomic E-state index is 6.14. The predicted octanol–water partition coefficient (Wildman–Crippen LogP) is 5.32. The minimum atomic E-state index is 0.370. The molecule has 98 valence electrons. The molecule has 0 unspecified atom stereocenters. The number of hydrogen-bond donors (Lipinski definition) is 1. The van der Waals surface area contributed by atoms with Crippen molar-refractivity contribution >= 4 is 50.7 Å². The SMILES string of the molecule is NC(=Nc1c(Cl)cc(Br)cc1Cl)C1CCCCC1. The average Bonchev–Trinajstić information content (AvgIpc) is 2.34. The van der Waals surface area contributed by atoms with Gasteiger partial charge in [-0.1, -0.05) is 58.4 Å². The van der Waals surface area contributed by atoms with Gasteiger partial charge in [0, 0.05) is 10.4 Å². The molecule has 0 radical (unpaired) electrons. The normalized spacial score (nSPS) is 18.1. The average molecular weight is 350 g/mol. The lowest BCUT2D eigenvalue weighted by molar-refractivity contribution is 0.437. The zero-order chi connectivity index (χ0) is 13.1. The van der Waals surface area contributed by atoms with Gasteiger partial charge in [-0.15, -0.1) is 0 Å². The van der Waals surface area contributed by atoms with Crippen molar-refractivity contribution in [1.29, 1.82) is 0 Å². The first-order valence-electron chi connectivity index (χ1n) is 6.06. The van der Waals surface area contributed by atoms with Crippen LogP contribution in [-0.4, -0.2) is 5.84 Å². The molecule has 2 rings (SSSR count). The molecule has 0 saturated heterocycles. The second-order valence-corrected chi connectivity index (χ2v) is 6.32. The second kappa shape index (κ2) is 6.27. The minimum Gasteiger partial charge on any atom is -0.387 e. The highest BCUT2D eigenvalue weighted by molar-refractivity contribution is 9.10. The number of nitrogens with zero attached hydrogens (tertiary/aromatic N) is 1. The Labute approximate surface area is 126 Å². The highest BCUT2D eigenvalue weighted by atomic mass is 79.9. The molecule has 1 aliphatic carbocycles. The van der Waals surface area contributed by atoms with Crippen molar-refractivity contribution in [2.75, 3.05) is 0 Å². The van der Waals surface area contributed by atoms with E-state index in [1.165, 1.54) is 19.3 Å². The smallest absolute Gasteiger partial charge is 0.103 e. The summed E-state index contributed by atoms with van der Waals surface area (Å²) in [4.78, 5) is 4.43. The Morgan fingerprint density at radius 2 is 1.72 bits per heavy atom. The molecule has 0 atom stereocenters. The third-order valence-corrected chi connectivity index (χ3v) is 4.28. The predicted molar refractivity (Wildman–Crippen MR) is 82.0 cm³/mol. The maximum Gasteiger partial charge on any atom is 0.103 e. The van der Waals surface area contributed by atoms with E-state index in [9.17, 15) is 0 Å². The Morgan fingerprint density at radius 3 is 2.28 bits per heavy atom. The van der Waals surface area contributed by atoms with Crippen molar-refractivity contribution in [2.45, 2.75) is 32.1 Å². The molecule has 1 fully saturated rings. The van der Waals surface area contributed by atoms with Gasteiger partial charge < -0.3 is 5.73 Å². The van der Waals surface area contributed by atoms with Crippen LogP contribution in [0, 0.1) is 5.92 Å². The van der Waals surface area contributed by atoms with Crippen LogP contribution in [0.1, 0.15) is 32.1 Å². The highest BCUT2D eigenvalue weighted by Gasteiger charge is 2.18. The topological polar surface area (TPSA) is 38.4 Å². The molecule has 18 heavy (non-hydrogen) atoms. The largest absolute Gasteiger partial charge is 0.387 e. The van der Waals surface area contributed by atoms with Crippen LogP contribution in [0.3, 0.4) is 0 Å². The van der Waals surface area contributed by atoms with Crippen LogP contribution in [0.25, 0.3) is 0 Å². The molecule has 0 bridgehead atoms. The fourth-order valence-corrected chi connectivity index (χ4v) is 3.55. The standard InChI is InChI=1S/C13H15BrCl2N2/c14-9-6-10(15)12(11(16)7-9)18-13(17)8-4-2-1-3-5-8/h6-8H,1-5H2,(H2,17,18). The highest BCUT2D eigenvalue weighted by Crippen LogP contribution is 2.37. The van der Waals surface area contributed by atoms with Crippen molar-refractivity contribution in [1.82, 2.24) is 0 Å². The van der Waals surface area contributed by atoms with Crippen molar-refractivity contribution in [3.05, 3.63) is 26.7 Å². The Hall–Kier alpha value is -0.250. The molecule has 0 aliphatic heterocycles. The van der Waals surface area contributed by atoms with Gasteiger partial charge in [0.2, 0.25) is 0 Å². The van der Waals surface area contributed by atoms with E-state index in [0.717, 1.165) is 17.3 Å². The van der Waals surface area contributed by atoms with Crippen LogP contribution in [0.15, 0.2) is 21.6 Å². The summed E-state index contributed by atoms with van der Waals surface area (Å²) in [6, 6.07) is 3.56. The summed E-state index contributed by atoms with van der Waals surface area (Å²) in [6.45, 7) is 0. The van der Waals surface area contributed by atoms with Crippen molar-refractivity contribution < 1.29 is 0 Å². The van der Waals surface area contributed by atoms with E-state index >= 15 is 0 Å². The van der Waals surface area contributed by atoms with E-state index < -0.39 is 0 Å². The molecule has 0 aromatic heterocycles. The van der Waals surface area contributed by atoms with Crippen LogP contribution in [0.5, 0.6) is 0 Å². The summed E-state index contributed by atoms with van der Waals surface area (Å²) < 4.78 is 0.840. The molecule has 2 nitrogen and oxygen atoms in total. The number of aliphatic imine (C=N–C) groups is 1. The molecule has 0 heterocycles. The van der Waals surface area contributed by atoms with Crippen molar-refractivity contribution in [2.24, 2.45) is 16.6 Å². The van der Waals surface area contributed by atoms with E-state index in [4.69, 9.17) is 28.9 Å². The number of hydrogen-bond acceptors (Lipinski definition) is 1. The fourth-order valence-electron chi connectivity index (χ4n) is 2.26. The molecule has 2 N–H and O–H groups in total. The summed E-state index contributed by atoms with van der Waals surface area (Å²) in [5, 5.41) is 1.04. The van der Waals surface area contributed by atoms with Crippen molar-refractivity contribution in [3.63, 3.8) is 0 Å². The van der Waals surface area contributed by atoms with Gasteiger partial charge in [-0.3, -0.25) is 0 Å². The van der Waals surface area contributed by atoms with E-state index in [-0.39, 0.29) is 0 Å². The molecule has 0 spiro atoms. The number of amidine groups is 1. The fraction of sp³-hybridized carbons (Fsp3) is 0.462. The molecule has 1 saturated carbocycles. The van der Waals surface area contributed by atoms with Gasteiger partial charge in [0.25, 0.3) is 0 Å². The Bertz CT molecular complexity index is 445. The number of halogens is 3. The van der Waals surface area contributed by atoms with Crippen LogP contribution < -0.4 is 5.73 Å². The monoisotopic (exact) mass is 348 g/mol. The molecule has 1 aromatic rings. The molecule has 1 aliphatic rings. The molecule has 1 aromatic carbocycles. The van der Waals surface area contributed by atoms with E-state index in [1.54, 1.807) is 12.1 Å². The lowest BCUT2D eigenvalue weighted by Crippen LogP contribution is -2.25. The van der Waals surface area contributed by atoms with Gasteiger partial charge in [-0.2, -0.15) is 0 Å². The molecular weight excluding hydrogens is 335 g/mol. The first-order chi connectivity index (χ1) is 8.58. The Balaban J connectivity index is 2.26. The molecular formula is C13H15BrCl2N2. The quantitative estimate of drug-likeness (QED) is 0.569. The zero-order valence-corrected chi connectivity index (χ0v) is 13.0. The summed E-state index contributed by atoms with van der Waals surface area (Å²) in [7, 11) is 0. The van der Waals surface area contributed by atoms with Crippen LogP contribution >= 0.6 is 39.1 Å². The summed E-state index contributed by atoms with van der Waals surface area (Å²) in [5.41, 5.74) is 6.65. The molecule has 5 heteroatoms. The van der Waals surface area contributed by atoms with Gasteiger partial charge in [0.15, 0.2) is 0 Å². The number of rotatable bonds is 2. The van der Waals surface area contributed by atoms with Crippen LogP contribution in [-0.2, 0) is 0 Å². The first kappa shape index (κ1) is 14.2. The maximum atomic E-state index is 6.14. The number of benzene rings is 1.